The van der Waals surface area contributed by atoms with Gasteiger partial charge in [-0.2, -0.15) is 10.4 Å². The molecule has 3 aromatic rings. The van der Waals surface area contributed by atoms with Gasteiger partial charge >= 0.3 is 0 Å². The summed E-state index contributed by atoms with van der Waals surface area (Å²) >= 11 is 1.25. The van der Waals surface area contributed by atoms with Gasteiger partial charge in [-0.3, -0.25) is 14.9 Å². The summed E-state index contributed by atoms with van der Waals surface area (Å²) in [4.78, 5) is 27.1. The van der Waals surface area contributed by atoms with Crippen LogP contribution in [0, 0.1) is 28.4 Å². The van der Waals surface area contributed by atoms with E-state index in [1.54, 1.807) is 18.4 Å². The highest BCUT2D eigenvalue weighted by Crippen LogP contribution is 2.24. The van der Waals surface area contributed by atoms with E-state index in [0.29, 0.717) is 10.7 Å². The summed E-state index contributed by atoms with van der Waals surface area (Å²) in [5.41, 5.74) is 1.22. The van der Waals surface area contributed by atoms with Crippen molar-refractivity contribution in [2.24, 2.45) is 0 Å². The number of ketones is 1. The number of nitro groups is 1. The van der Waals surface area contributed by atoms with Crippen LogP contribution in [0.5, 0.6) is 0 Å². The van der Waals surface area contributed by atoms with Crippen molar-refractivity contribution in [3.8, 4) is 11.8 Å². The monoisotopic (exact) mass is 353 g/mol. The van der Waals surface area contributed by atoms with E-state index in [2.05, 4.69) is 10.1 Å². The third-order valence-electron chi connectivity index (χ3n) is 3.42. The third kappa shape index (κ3) is 3.29. The molecule has 3 rings (SSSR count). The molecule has 0 saturated carbocycles. The van der Waals surface area contributed by atoms with Gasteiger partial charge in [-0.05, 0) is 19.1 Å². The first-order valence-electron chi connectivity index (χ1n) is 7.16. The fourth-order valence-corrected chi connectivity index (χ4v) is 3.06. The molecule has 0 radical (unpaired) electrons. The average Bonchev–Trinajstić information content (AvgIpc) is 3.25. The van der Waals surface area contributed by atoms with Crippen molar-refractivity contribution >= 4 is 22.8 Å². The van der Waals surface area contributed by atoms with Crippen molar-refractivity contribution in [1.82, 2.24) is 14.8 Å². The van der Waals surface area contributed by atoms with Crippen molar-refractivity contribution in [3.63, 3.8) is 0 Å². The predicted molar refractivity (Wildman–Crippen MR) is 89.8 cm³/mol. The number of rotatable bonds is 5. The number of aryl methyl sites for hydroxylation is 1. The van der Waals surface area contributed by atoms with Crippen molar-refractivity contribution in [3.05, 3.63) is 68.4 Å². The smallest absolute Gasteiger partial charge is 0.271 e. The number of aromatic nitrogens is 3. The van der Waals surface area contributed by atoms with Gasteiger partial charge in [-0.25, -0.2) is 9.67 Å². The molecular formula is C16H11N5O3S. The van der Waals surface area contributed by atoms with Crippen LogP contribution in [0.3, 0.4) is 0 Å². The standard InChI is InChI=1S/C16H11N5O3S/c1-10-9-25-16(18-10)13(8-17)15(22)14-5-6-20(19-14)11-3-2-4-12(7-11)21(23)24/h2-7,9,13H,1H3. The molecule has 0 aliphatic carbocycles. The lowest BCUT2D eigenvalue weighted by molar-refractivity contribution is -0.384. The van der Waals surface area contributed by atoms with Gasteiger partial charge < -0.3 is 0 Å². The Hall–Kier alpha value is -3.38. The number of carbonyl (C=O) groups excluding carboxylic acids is 1. The van der Waals surface area contributed by atoms with Crippen LogP contribution in [0.4, 0.5) is 5.69 Å². The Morgan fingerprint density at radius 3 is 2.88 bits per heavy atom. The molecule has 25 heavy (non-hydrogen) atoms. The topological polar surface area (TPSA) is 115 Å². The maximum absolute atomic E-state index is 12.6. The number of thiazole rings is 1. The van der Waals surface area contributed by atoms with E-state index in [1.165, 1.54) is 46.5 Å². The Labute approximate surface area is 146 Å². The van der Waals surface area contributed by atoms with Crippen molar-refractivity contribution in [2.75, 3.05) is 0 Å². The summed E-state index contributed by atoms with van der Waals surface area (Å²) in [6.45, 7) is 1.79. The number of hydrogen-bond donors (Lipinski definition) is 0. The van der Waals surface area contributed by atoms with Gasteiger partial charge in [-0.15, -0.1) is 11.3 Å². The molecular weight excluding hydrogens is 342 g/mol. The predicted octanol–water partition coefficient (Wildman–Crippen LogP) is 3.04. The summed E-state index contributed by atoms with van der Waals surface area (Å²) in [6, 6.07) is 9.34. The van der Waals surface area contributed by atoms with E-state index in [0.717, 1.165) is 5.69 Å². The first-order valence-corrected chi connectivity index (χ1v) is 8.04. The van der Waals surface area contributed by atoms with E-state index < -0.39 is 16.6 Å². The van der Waals surface area contributed by atoms with E-state index in [1.807, 2.05) is 6.07 Å². The van der Waals surface area contributed by atoms with Crippen LogP contribution in [0.15, 0.2) is 41.9 Å². The highest BCUT2D eigenvalue weighted by Gasteiger charge is 2.26. The molecule has 0 aliphatic rings. The van der Waals surface area contributed by atoms with Crippen LogP contribution < -0.4 is 0 Å². The van der Waals surface area contributed by atoms with Crippen molar-refractivity contribution < 1.29 is 9.72 Å². The highest BCUT2D eigenvalue weighted by molar-refractivity contribution is 7.10. The first-order chi connectivity index (χ1) is 12.0. The number of nitriles is 1. The second-order valence-corrected chi connectivity index (χ2v) is 6.07. The molecule has 2 aromatic heterocycles. The molecule has 0 spiro atoms. The van der Waals surface area contributed by atoms with Crippen LogP contribution in [0.1, 0.15) is 27.1 Å². The summed E-state index contributed by atoms with van der Waals surface area (Å²) < 4.78 is 1.36. The highest BCUT2D eigenvalue weighted by atomic mass is 32.1. The number of non-ortho nitro benzene ring substituents is 1. The maximum Gasteiger partial charge on any atom is 0.271 e. The Kier molecular flexibility index (Phi) is 4.36. The minimum atomic E-state index is -1.02. The molecule has 9 heteroatoms. The normalized spacial score (nSPS) is 11.7. The Morgan fingerprint density at radius 1 is 1.44 bits per heavy atom. The molecule has 0 aliphatic heterocycles. The van der Waals surface area contributed by atoms with Crippen LogP contribution >= 0.6 is 11.3 Å². The van der Waals surface area contributed by atoms with Crippen LogP contribution in [-0.4, -0.2) is 25.5 Å². The molecule has 0 fully saturated rings. The number of nitro benzene ring substituents is 1. The number of carbonyl (C=O) groups is 1. The van der Waals surface area contributed by atoms with Gasteiger partial charge in [0.05, 0.1) is 16.7 Å². The molecule has 124 valence electrons. The number of benzene rings is 1. The Bertz CT molecular complexity index is 1000. The lowest BCUT2D eigenvalue weighted by atomic mass is 10.0. The minimum absolute atomic E-state index is 0.0750. The quantitative estimate of drug-likeness (QED) is 0.395. The zero-order valence-corrected chi connectivity index (χ0v) is 13.8. The molecule has 1 unspecified atom stereocenters. The molecule has 1 aromatic carbocycles. The molecule has 8 nitrogen and oxygen atoms in total. The second-order valence-electron chi connectivity index (χ2n) is 5.18. The number of Topliss-reactive ketones (excluding diaryl/α,β-unsaturated/α-hetero) is 1. The van der Waals surface area contributed by atoms with E-state index in [-0.39, 0.29) is 11.4 Å². The van der Waals surface area contributed by atoms with Gasteiger partial charge in [0.15, 0.2) is 5.92 Å². The fourth-order valence-electron chi connectivity index (χ4n) is 2.23. The zero-order valence-electron chi connectivity index (χ0n) is 13.0. The van der Waals surface area contributed by atoms with Gasteiger partial charge in [-0.1, -0.05) is 6.07 Å². The van der Waals surface area contributed by atoms with Crippen molar-refractivity contribution in [1.29, 1.82) is 5.26 Å². The summed E-state index contributed by atoms with van der Waals surface area (Å²) in [5, 5.41) is 26.5. The molecule has 0 bridgehead atoms. The molecule has 0 saturated heterocycles. The van der Waals surface area contributed by atoms with Crippen LogP contribution in [0.25, 0.3) is 5.69 Å². The van der Waals surface area contributed by atoms with Crippen LogP contribution in [0.2, 0.25) is 0 Å². The second kappa shape index (κ2) is 6.62. The first kappa shape index (κ1) is 16.5. The maximum atomic E-state index is 12.6. The van der Waals surface area contributed by atoms with Crippen LogP contribution in [-0.2, 0) is 0 Å². The Balaban J connectivity index is 1.90. The van der Waals surface area contributed by atoms with Gasteiger partial charge in [0.2, 0.25) is 5.78 Å². The van der Waals surface area contributed by atoms with Crippen molar-refractivity contribution in [2.45, 2.75) is 12.8 Å². The van der Waals surface area contributed by atoms with Gasteiger partial charge in [0.25, 0.3) is 5.69 Å². The zero-order chi connectivity index (χ0) is 18.0. The van der Waals surface area contributed by atoms with E-state index in [9.17, 15) is 20.2 Å². The fraction of sp³-hybridized carbons (Fsp3) is 0.125. The Morgan fingerprint density at radius 2 is 2.24 bits per heavy atom. The minimum Gasteiger partial charge on any atom is -0.290 e. The third-order valence-corrected chi connectivity index (χ3v) is 4.45. The molecule has 0 amide bonds. The van der Waals surface area contributed by atoms with Gasteiger partial charge in [0, 0.05) is 29.4 Å². The molecule has 0 N–H and O–H groups in total. The SMILES string of the molecule is Cc1csc(C(C#N)C(=O)c2ccn(-c3cccc([N+](=O)[O-])c3)n2)n1. The lowest BCUT2D eigenvalue weighted by Crippen LogP contribution is -2.12. The van der Waals surface area contributed by atoms with E-state index >= 15 is 0 Å². The average molecular weight is 353 g/mol. The molecule has 1 atom stereocenters. The summed E-state index contributed by atoms with van der Waals surface area (Å²) in [5.74, 6) is -1.48. The number of hydrogen-bond acceptors (Lipinski definition) is 7. The van der Waals surface area contributed by atoms with E-state index in [4.69, 9.17) is 0 Å². The largest absolute Gasteiger partial charge is 0.290 e. The number of nitrogens with zero attached hydrogens (tertiary/aromatic N) is 5. The summed E-state index contributed by atoms with van der Waals surface area (Å²) in [7, 11) is 0. The summed E-state index contributed by atoms with van der Waals surface area (Å²) in [6.07, 6.45) is 1.52. The molecule has 2 heterocycles. The lowest BCUT2D eigenvalue weighted by Gasteiger charge is -2.03. The van der Waals surface area contributed by atoms with Gasteiger partial charge in [0.1, 0.15) is 10.7 Å².